The van der Waals surface area contributed by atoms with Gasteiger partial charge in [0.2, 0.25) is 5.91 Å². The van der Waals surface area contributed by atoms with E-state index in [1.54, 1.807) is 0 Å². The van der Waals surface area contributed by atoms with Crippen LogP contribution in [0, 0.1) is 0 Å². The number of nitrogens with one attached hydrogen (secondary N) is 1. The van der Waals surface area contributed by atoms with Crippen molar-refractivity contribution in [3.8, 4) is 0 Å². The maximum absolute atomic E-state index is 11.6. The molecule has 90 valence electrons. The fourth-order valence-electron chi connectivity index (χ4n) is 1.96. The molecule has 0 fully saturated rings. The zero-order chi connectivity index (χ0) is 12.3. The maximum Gasteiger partial charge on any atom is 0.250 e. The fraction of sp³-hybridized carbons (Fsp3) is 0.429. The van der Waals surface area contributed by atoms with Crippen LogP contribution in [0.5, 0.6) is 0 Å². The van der Waals surface area contributed by atoms with Gasteiger partial charge in [-0.25, -0.2) is 0 Å². The molecule has 0 aliphatic carbocycles. The van der Waals surface area contributed by atoms with Gasteiger partial charge in [-0.2, -0.15) is 0 Å². The van der Waals surface area contributed by atoms with Gasteiger partial charge in [-0.1, -0.05) is 44.5 Å². The van der Waals surface area contributed by atoms with E-state index in [-0.39, 0.29) is 11.9 Å². The average Bonchev–Trinajstić information content (AvgIpc) is 2.72. The molecular weight excluding hydrogens is 212 g/mol. The lowest BCUT2D eigenvalue weighted by atomic mass is 10.1. The quantitative estimate of drug-likeness (QED) is 0.847. The van der Waals surface area contributed by atoms with E-state index in [0.717, 1.165) is 30.7 Å². The van der Waals surface area contributed by atoms with Crippen LogP contribution < -0.4 is 5.32 Å². The summed E-state index contributed by atoms with van der Waals surface area (Å²) < 4.78 is 0. The average molecular weight is 230 g/mol. The number of carbonyl (C=O) groups excluding carboxylic acids is 1. The Morgan fingerprint density at radius 1 is 1.24 bits per heavy atom. The van der Waals surface area contributed by atoms with E-state index in [4.69, 9.17) is 0 Å². The zero-order valence-corrected chi connectivity index (χ0v) is 10.4. The Balaban J connectivity index is 2.17. The normalized spacial score (nSPS) is 19.1. The minimum Gasteiger partial charge on any atom is -0.309 e. The van der Waals surface area contributed by atoms with Gasteiger partial charge < -0.3 is 5.32 Å². The largest absolute Gasteiger partial charge is 0.309 e. The molecule has 17 heavy (non-hydrogen) atoms. The summed E-state index contributed by atoms with van der Waals surface area (Å²) in [5, 5.41) is 2.85. The predicted octanol–water partition coefficient (Wildman–Crippen LogP) is 2.29. The number of aliphatic imine (C=N–C) groups is 1. The molecule has 0 spiro atoms. The highest BCUT2D eigenvalue weighted by atomic mass is 16.2. The molecule has 1 unspecified atom stereocenters. The molecule has 1 aromatic carbocycles. The highest BCUT2D eigenvalue weighted by Gasteiger charge is 2.25. The topological polar surface area (TPSA) is 41.5 Å². The van der Waals surface area contributed by atoms with Gasteiger partial charge in [0, 0.05) is 5.56 Å². The summed E-state index contributed by atoms with van der Waals surface area (Å²) in [6.07, 6.45) is 2.82. The van der Waals surface area contributed by atoms with Gasteiger partial charge in [-0.05, 0) is 18.4 Å². The Kier molecular flexibility index (Phi) is 3.57. The van der Waals surface area contributed by atoms with Crippen LogP contribution in [0.4, 0.5) is 0 Å². The van der Waals surface area contributed by atoms with Crippen LogP contribution >= 0.6 is 0 Å². The SMILES string of the molecule is CCCC1N=C(c2ccc(CC)cc2)NC1=O. The minimum atomic E-state index is -0.194. The second kappa shape index (κ2) is 5.13. The number of rotatable bonds is 4. The van der Waals surface area contributed by atoms with Crippen molar-refractivity contribution in [2.75, 3.05) is 0 Å². The first-order valence-corrected chi connectivity index (χ1v) is 6.22. The van der Waals surface area contributed by atoms with Gasteiger partial charge in [0.15, 0.2) is 0 Å². The molecule has 0 radical (unpaired) electrons. The van der Waals surface area contributed by atoms with Crippen molar-refractivity contribution in [3.05, 3.63) is 35.4 Å². The standard InChI is InChI=1S/C14H18N2O/c1-3-5-12-14(17)16-13(15-12)11-8-6-10(4-2)7-9-11/h6-9,12H,3-5H2,1-2H3,(H,15,16,17). The molecular formula is C14H18N2O. The summed E-state index contributed by atoms with van der Waals surface area (Å²) in [6.45, 7) is 4.19. The van der Waals surface area contributed by atoms with E-state index in [1.807, 2.05) is 12.1 Å². The van der Waals surface area contributed by atoms with E-state index >= 15 is 0 Å². The smallest absolute Gasteiger partial charge is 0.250 e. The summed E-state index contributed by atoms with van der Waals surface area (Å²) in [6, 6.07) is 8.01. The number of nitrogens with zero attached hydrogens (tertiary/aromatic N) is 1. The molecule has 0 aromatic heterocycles. The first kappa shape index (κ1) is 11.8. The first-order chi connectivity index (χ1) is 8.24. The van der Waals surface area contributed by atoms with Gasteiger partial charge in [0.1, 0.15) is 11.9 Å². The molecule has 1 aromatic rings. The summed E-state index contributed by atoms with van der Waals surface area (Å²) in [5.41, 5.74) is 2.29. The summed E-state index contributed by atoms with van der Waals surface area (Å²) in [4.78, 5) is 16.1. The van der Waals surface area contributed by atoms with Crippen molar-refractivity contribution in [3.63, 3.8) is 0 Å². The molecule has 2 rings (SSSR count). The fourth-order valence-corrected chi connectivity index (χ4v) is 1.96. The zero-order valence-electron chi connectivity index (χ0n) is 10.4. The van der Waals surface area contributed by atoms with E-state index < -0.39 is 0 Å². The third-order valence-electron chi connectivity index (χ3n) is 3.03. The van der Waals surface area contributed by atoms with Crippen LogP contribution in [0.25, 0.3) is 0 Å². The van der Waals surface area contributed by atoms with Crippen LogP contribution in [0.15, 0.2) is 29.3 Å². The van der Waals surface area contributed by atoms with Crippen molar-refractivity contribution in [2.45, 2.75) is 39.2 Å². The van der Waals surface area contributed by atoms with Crippen LogP contribution in [0.3, 0.4) is 0 Å². The lowest BCUT2D eigenvalue weighted by Crippen LogP contribution is -2.29. The molecule has 1 N–H and O–H groups in total. The molecule has 0 saturated heterocycles. The molecule has 1 aliphatic rings. The van der Waals surface area contributed by atoms with Crippen LogP contribution in [0.2, 0.25) is 0 Å². The molecule has 1 atom stereocenters. The van der Waals surface area contributed by atoms with Crippen LogP contribution in [-0.4, -0.2) is 17.8 Å². The lowest BCUT2D eigenvalue weighted by Gasteiger charge is -2.02. The highest BCUT2D eigenvalue weighted by Crippen LogP contribution is 2.13. The van der Waals surface area contributed by atoms with Gasteiger partial charge in [-0.15, -0.1) is 0 Å². The van der Waals surface area contributed by atoms with Crippen molar-refractivity contribution in [1.82, 2.24) is 5.32 Å². The van der Waals surface area contributed by atoms with Crippen molar-refractivity contribution in [2.24, 2.45) is 4.99 Å². The van der Waals surface area contributed by atoms with Crippen LogP contribution in [0.1, 0.15) is 37.8 Å². The molecule has 1 aliphatic heterocycles. The Morgan fingerprint density at radius 3 is 2.53 bits per heavy atom. The Labute approximate surface area is 102 Å². The second-order valence-corrected chi connectivity index (χ2v) is 4.32. The number of hydrogen-bond donors (Lipinski definition) is 1. The van der Waals surface area contributed by atoms with Gasteiger partial charge >= 0.3 is 0 Å². The van der Waals surface area contributed by atoms with Crippen LogP contribution in [-0.2, 0) is 11.2 Å². The van der Waals surface area contributed by atoms with Crippen molar-refractivity contribution in [1.29, 1.82) is 0 Å². The van der Waals surface area contributed by atoms with E-state index in [2.05, 4.69) is 36.3 Å². The van der Waals surface area contributed by atoms with Crippen molar-refractivity contribution >= 4 is 11.7 Å². The Hall–Kier alpha value is -1.64. The van der Waals surface area contributed by atoms with Gasteiger partial charge in [0.25, 0.3) is 0 Å². The number of amidine groups is 1. The van der Waals surface area contributed by atoms with E-state index in [1.165, 1.54) is 5.56 Å². The highest BCUT2D eigenvalue weighted by molar-refractivity contribution is 6.13. The van der Waals surface area contributed by atoms with E-state index in [0.29, 0.717) is 0 Å². The summed E-state index contributed by atoms with van der Waals surface area (Å²) >= 11 is 0. The number of hydrogen-bond acceptors (Lipinski definition) is 2. The van der Waals surface area contributed by atoms with Gasteiger partial charge in [-0.3, -0.25) is 9.79 Å². The Bertz CT molecular complexity index is 434. The Morgan fingerprint density at radius 2 is 1.94 bits per heavy atom. The third kappa shape index (κ3) is 2.54. The molecule has 3 nitrogen and oxygen atoms in total. The third-order valence-corrected chi connectivity index (χ3v) is 3.03. The minimum absolute atomic E-state index is 0.0291. The number of amides is 1. The molecule has 1 heterocycles. The monoisotopic (exact) mass is 230 g/mol. The van der Waals surface area contributed by atoms with Gasteiger partial charge in [0.05, 0.1) is 0 Å². The number of benzene rings is 1. The lowest BCUT2D eigenvalue weighted by molar-refractivity contribution is -0.120. The summed E-state index contributed by atoms with van der Waals surface area (Å²) in [7, 11) is 0. The van der Waals surface area contributed by atoms with Crippen molar-refractivity contribution < 1.29 is 4.79 Å². The maximum atomic E-state index is 11.6. The summed E-state index contributed by atoms with van der Waals surface area (Å²) in [5.74, 6) is 0.748. The second-order valence-electron chi connectivity index (χ2n) is 4.32. The molecule has 1 amide bonds. The predicted molar refractivity (Wildman–Crippen MR) is 69.2 cm³/mol. The molecule has 0 saturated carbocycles. The number of carbonyl (C=O) groups is 1. The van der Waals surface area contributed by atoms with E-state index in [9.17, 15) is 4.79 Å². The molecule has 0 bridgehead atoms. The number of aryl methyl sites for hydroxylation is 1. The first-order valence-electron chi connectivity index (χ1n) is 6.22. The molecule has 3 heteroatoms.